The first kappa shape index (κ1) is 9.08. The highest BCUT2D eigenvalue weighted by molar-refractivity contribution is 5.68. The Hall–Kier alpha value is -1.49. The molecule has 0 amide bonds. The van der Waals surface area contributed by atoms with Crippen molar-refractivity contribution in [3.05, 3.63) is 18.3 Å². The van der Waals surface area contributed by atoms with Crippen LogP contribution in [0.4, 0.5) is 0 Å². The van der Waals surface area contributed by atoms with E-state index in [0.717, 1.165) is 23.5 Å². The van der Waals surface area contributed by atoms with Crippen molar-refractivity contribution < 1.29 is 0 Å². The lowest BCUT2D eigenvalue weighted by atomic mass is 10.3. The fraction of sp³-hybridized carbons (Fsp3) is 0.444. The van der Waals surface area contributed by atoms with Crippen LogP contribution >= 0.6 is 0 Å². The molecule has 2 aromatic heterocycles. The summed E-state index contributed by atoms with van der Waals surface area (Å²) in [5.74, 6) is 0.905. The largest absolute Gasteiger partial charge is 0.338 e. The molecule has 2 aromatic rings. The number of H-pyrrole nitrogens is 1. The van der Waals surface area contributed by atoms with Crippen molar-refractivity contribution in [3.63, 3.8) is 0 Å². The second-order valence-corrected chi connectivity index (χ2v) is 3.16. The van der Waals surface area contributed by atoms with Crippen LogP contribution in [0.1, 0.15) is 25.7 Å². The van der Waals surface area contributed by atoms with Crippen LogP contribution in [0.3, 0.4) is 0 Å². The first-order valence-electron chi connectivity index (χ1n) is 4.70. The van der Waals surface area contributed by atoms with Crippen molar-refractivity contribution in [1.82, 2.24) is 25.3 Å². The molecule has 0 fully saturated rings. The van der Waals surface area contributed by atoms with Gasteiger partial charge in [0.05, 0.1) is 12.2 Å². The Balaban J connectivity index is 2.35. The number of aromatic amines is 1. The summed E-state index contributed by atoms with van der Waals surface area (Å²) in [6.45, 7) is 5.05. The van der Waals surface area contributed by atoms with E-state index in [4.69, 9.17) is 0 Å². The van der Waals surface area contributed by atoms with Crippen LogP contribution in [0.15, 0.2) is 12.5 Å². The van der Waals surface area contributed by atoms with Gasteiger partial charge in [0.1, 0.15) is 17.7 Å². The highest BCUT2D eigenvalue weighted by Gasteiger charge is 2.09. The molecule has 2 N–H and O–H groups in total. The Morgan fingerprint density at radius 2 is 2.43 bits per heavy atom. The molecule has 0 aliphatic carbocycles. The zero-order valence-corrected chi connectivity index (χ0v) is 8.28. The van der Waals surface area contributed by atoms with Gasteiger partial charge in [-0.05, 0) is 13.5 Å². The first-order chi connectivity index (χ1) is 6.81. The van der Waals surface area contributed by atoms with E-state index in [1.165, 1.54) is 6.33 Å². The second kappa shape index (κ2) is 3.71. The Morgan fingerprint density at radius 1 is 1.57 bits per heavy atom. The molecule has 74 valence electrons. The van der Waals surface area contributed by atoms with Crippen LogP contribution in [0.25, 0.3) is 11.2 Å². The molecule has 0 bridgehead atoms. The molecule has 5 heteroatoms. The molecule has 2 heterocycles. The van der Waals surface area contributed by atoms with E-state index in [-0.39, 0.29) is 6.04 Å². The molecule has 14 heavy (non-hydrogen) atoms. The van der Waals surface area contributed by atoms with E-state index in [0.29, 0.717) is 0 Å². The molecular weight excluding hydrogens is 178 g/mol. The lowest BCUT2D eigenvalue weighted by Crippen LogP contribution is -2.18. The fourth-order valence-electron chi connectivity index (χ4n) is 1.39. The number of imidazole rings is 1. The highest BCUT2D eigenvalue weighted by atomic mass is 15.1. The summed E-state index contributed by atoms with van der Waals surface area (Å²) in [6, 6.07) is 0.217. The Morgan fingerprint density at radius 3 is 3.14 bits per heavy atom. The summed E-state index contributed by atoms with van der Waals surface area (Å²) in [6.07, 6.45) is 3.24. The number of aromatic nitrogens is 4. The zero-order valence-electron chi connectivity index (χ0n) is 8.28. The predicted octanol–water partition coefficient (Wildman–Crippen LogP) is 1.02. The topological polar surface area (TPSA) is 66.5 Å². The number of nitrogens with one attached hydrogen (secondary N) is 2. The summed E-state index contributed by atoms with van der Waals surface area (Å²) < 4.78 is 0. The number of nitrogens with zero attached hydrogens (tertiary/aromatic N) is 3. The van der Waals surface area contributed by atoms with Crippen LogP contribution in [0.2, 0.25) is 0 Å². The monoisotopic (exact) mass is 191 g/mol. The lowest BCUT2D eigenvalue weighted by molar-refractivity contribution is 0.573. The quantitative estimate of drug-likeness (QED) is 0.760. The number of hydrogen-bond donors (Lipinski definition) is 2. The number of hydrogen-bond acceptors (Lipinski definition) is 4. The van der Waals surface area contributed by atoms with E-state index < -0.39 is 0 Å². The molecular formula is C9H13N5. The van der Waals surface area contributed by atoms with Gasteiger partial charge in [0.25, 0.3) is 0 Å². The van der Waals surface area contributed by atoms with E-state index in [1.807, 2.05) is 0 Å². The fourth-order valence-corrected chi connectivity index (χ4v) is 1.39. The van der Waals surface area contributed by atoms with Crippen LogP contribution in [0, 0.1) is 0 Å². The van der Waals surface area contributed by atoms with E-state index in [9.17, 15) is 0 Å². The zero-order chi connectivity index (χ0) is 9.97. The van der Waals surface area contributed by atoms with Crippen molar-refractivity contribution in [2.45, 2.75) is 19.9 Å². The summed E-state index contributed by atoms with van der Waals surface area (Å²) in [5.41, 5.74) is 1.60. The van der Waals surface area contributed by atoms with Crippen LogP contribution in [0.5, 0.6) is 0 Å². The molecule has 1 unspecified atom stereocenters. The van der Waals surface area contributed by atoms with Crippen molar-refractivity contribution >= 4 is 11.2 Å². The highest BCUT2D eigenvalue weighted by Crippen LogP contribution is 2.12. The molecule has 0 saturated heterocycles. The molecule has 1 atom stereocenters. The van der Waals surface area contributed by atoms with Gasteiger partial charge in [-0.2, -0.15) is 0 Å². The summed E-state index contributed by atoms with van der Waals surface area (Å²) in [5, 5.41) is 3.28. The van der Waals surface area contributed by atoms with Gasteiger partial charge in [-0.25, -0.2) is 15.0 Å². The van der Waals surface area contributed by atoms with Gasteiger partial charge in [-0.3, -0.25) is 0 Å². The molecule has 0 aliphatic rings. The molecule has 5 nitrogen and oxygen atoms in total. The van der Waals surface area contributed by atoms with Gasteiger partial charge in [0.15, 0.2) is 5.65 Å². The SMILES string of the molecule is CCNC(C)c1nc2ncncc2[nH]1. The van der Waals surface area contributed by atoms with Gasteiger partial charge in [0.2, 0.25) is 0 Å². The normalized spacial score (nSPS) is 13.3. The molecule has 0 aromatic carbocycles. The minimum Gasteiger partial charge on any atom is -0.338 e. The standard InChI is InChI=1S/C9H13N5/c1-3-11-6(2)8-13-7-4-10-5-12-9(7)14-8/h4-6,11H,3H2,1-2H3,(H,10,12,13,14). The van der Waals surface area contributed by atoms with Gasteiger partial charge < -0.3 is 10.3 Å². The molecule has 2 rings (SSSR count). The molecule has 0 saturated carbocycles. The Kier molecular flexibility index (Phi) is 2.41. The number of rotatable bonds is 3. The minimum atomic E-state index is 0.217. The predicted molar refractivity (Wildman–Crippen MR) is 53.8 cm³/mol. The van der Waals surface area contributed by atoms with Crippen LogP contribution in [-0.4, -0.2) is 26.5 Å². The second-order valence-electron chi connectivity index (χ2n) is 3.16. The number of fused-ring (bicyclic) bond motifs is 1. The molecule has 0 radical (unpaired) electrons. The molecule has 0 spiro atoms. The van der Waals surface area contributed by atoms with Crippen LogP contribution in [-0.2, 0) is 0 Å². The third-order valence-electron chi connectivity index (χ3n) is 2.10. The van der Waals surface area contributed by atoms with Crippen molar-refractivity contribution in [2.75, 3.05) is 6.54 Å². The molecule has 0 aliphatic heterocycles. The van der Waals surface area contributed by atoms with Gasteiger partial charge in [0, 0.05) is 0 Å². The Labute approximate surface area is 82.0 Å². The van der Waals surface area contributed by atoms with Gasteiger partial charge in [-0.15, -0.1) is 0 Å². The third kappa shape index (κ3) is 1.58. The van der Waals surface area contributed by atoms with Crippen molar-refractivity contribution in [2.24, 2.45) is 0 Å². The average Bonchev–Trinajstić information content (AvgIpc) is 2.61. The van der Waals surface area contributed by atoms with Gasteiger partial charge >= 0.3 is 0 Å². The summed E-state index contributed by atoms with van der Waals surface area (Å²) >= 11 is 0. The van der Waals surface area contributed by atoms with Gasteiger partial charge in [-0.1, -0.05) is 6.92 Å². The maximum Gasteiger partial charge on any atom is 0.180 e. The van der Waals surface area contributed by atoms with E-state index in [2.05, 4.69) is 39.1 Å². The van der Waals surface area contributed by atoms with Crippen LogP contribution < -0.4 is 5.32 Å². The van der Waals surface area contributed by atoms with E-state index >= 15 is 0 Å². The van der Waals surface area contributed by atoms with Crippen molar-refractivity contribution in [3.8, 4) is 0 Å². The maximum atomic E-state index is 4.36. The smallest absolute Gasteiger partial charge is 0.180 e. The van der Waals surface area contributed by atoms with Crippen molar-refractivity contribution in [1.29, 1.82) is 0 Å². The average molecular weight is 191 g/mol. The minimum absolute atomic E-state index is 0.217. The summed E-state index contributed by atoms with van der Waals surface area (Å²) in [7, 11) is 0. The first-order valence-corrected chi connectivity index (χ1v) is 4.70. The third-order valence-corrected chi connectivity index (χ3v) is 2.10. The summed E-state index contributed by atoms with van der Waals surface area (Å²) in [4.78, 5) is 15.5. The maximum absolute atomic E-state index is 4.36. The van der Waals surface area contributed by atoms with E-state index in [1.54, 1.807) is 6.20 Å². The lowest BCUT2D eigenvalue weighted by Gasteiger charge is -2.07. The Bertz CT molecular complexity index is 389.